The Balaban J connectivity index is 1.35. The summed E-state index contributed by atoms with van der Waals surface area (Å²) >= 11 is 6.45. The number of methoxy groups -OCH3 is 1. The van der Waals surface area contributed by atoms with E-state index in [0.717, 1.165) is 37.8 Å². The van der Waals surface area contributed by atoms with Crippen LogP contribution in [0.1, 0.15) is 73.1 Å². The van der Waals surface area contributed by atoms with Gasteiger partial charge in [0.1, 0.15) is 11.4 Å². The molecular weight excluding hydrogens is 662 g/mol. The number of carbonyl (C=O) groups excluding carboxylic acids is 1. The number of nitrogens with one attached hydrogen (secondary N) is 1. The molecule has 0 radical (unpaired) electrons. The Morgan fingerprint density at radius 3 is 2.73 bits per heavy atom. The van der Waals surface area contributed by atoms with Crippen LogP contribution in [0.15, 0.2) is 66.7 Å². The zero-order valence-electron chi connectivity index (χ0n) is 28.2. The van der Waals surface area contributed by atoms with Crippen molar-refractivity contribution < 1.29 is 27.8 Å². The van der Waals surface area contributed by atoms with Crippen LogP contribution in [0, 0.1) is 17.8 Å². The SMILES string of the molecule is COc1cccc([C@]2(O)/C=C\C[C@H](C)[C@@H](C)S(=O)(=O)NC(=O)c3ccc4c(c3)N(C[C@@H]3CC[C@H]32)C[C@@]2(CCCc3cc(Cl)ccc32)CO4)n1. The summed E-state index contributed by atoms with van der Waals surface area (Å²) in [6.45, 7) is 5.12. The average molecular weight is 706 g/mol. The van der Waals surface area contributed by atoms with E-state index in [2.05, 4.69) is 26.7 Å². The van der Waals surface area contributed by atoms with Gasteiger partial charge in [0.25, 0.3) is 5.91 Å². The number of benzene rings is 2. The van der Waals surface area contributed by atoms with Crippen LogP contribution in [0.5, 0.6) is 11.6 Å². The lowest BCUT2D eigenvalue weighted by Crippen LogP contribution is -2.51. The van der Waals surface area contributed by atoms with Gasteiger partial charge in [-0.3, -0.25) is 4.79 Å². The highest BCUT2D eigenvalue weighted by molar-refractivity contribution is 7.90. The van der Waals surface area contributed by atoms with E-state index in [-0.39, 0.29) is 28.7 Å². The number of amides is 1. The lowest BCUT2D eigenvalue weighted by atomic mass is 9.63. The van der Waals surface area contributed by atoms with Gasteiger partial charge in [-0.15, -0.1) is 0 Å². The fourth-order valence-corrected chi connectivity index (χ4v) is 9.78. The second-order valence-corrected chi connectivity index (χ2v) is 16.9. The fourth-order valence-electron chi connectivity index (χ4n) is 8.30. The number of aromatic nitrogens is 1. The third-order valence-electron chi connectivity index (χ3n) is 11.5. The summed E-state index contributed by atoms with van der Waals surface area (Å²) in [5.41, 5.74) is 2.18. The van der Waals surface area contributed by atoms with Gasteiger partial charge < -0.3 is 19.5 Å². The first-order valence-electron chi connectivity index (χ1n) is 17.2. The van der Waals surface area contributed by atoms with E-state index in [9.17, 15) is 18.3 Å². The molecular formula is C38H44ClN3O6S. The number of hydrogen-bond acceptors (Lipinski definition) is 8. The van der Waals surface area contributed by atoms with Crippen molar-refractivity contribution in [3.63, 3.8) is 0 Å². The summed E-state index contributed by atoms with van der Waals surface area (Å²) in [7, 11) is -2.46. The summed E-state index contributed by atoms with van der Waals surface area (Å²) in [6, 6.07) is 16.7. The highest BCUT2D eigenvalue weighted by Crippen LogP contribution is 2.50. The number of halogens is 1. The molecule has 0 unspecified atom stereocenters. The normalized spacial score (nSPS) is 31.6. The number of aliphatic hydroxyl groups is 1. The smallest absolute Gasteiger partial charge is 0.264 e. The van der Waals surface area contributed by atoms with Crippen LogP contribution in [0.2, 0.25) is 5.02 Å². The summed E-state index contributed by atoms with van der Waals surface area (Å²) in [5, 5.41) is 12.5. The van der Waals surface area contributed by atoms with Crippen molar-refractivity contribution in [2.45, 2.75) is 68.6 Å². The van der Waals surface area contributed by atoms with Crippen molar-refractivity contribution in [2.75, 3.05) is 31.7 Å². The van der Waals surface area contributed by atoms with E-state index in [1.54, 1.807) is 44.4 Å². The van der Waals surface area contributed by atoms with Gasteiger partial charge in [-0.05, 0) is 105 Å². The summed E-state index contributed by atoms with van der Waals surface area (Å²) in [5.74, 6) is -0.0341. The molecule has 49 heavy (non-hydrogen) atoms. The quantitative estimate of drug-likeness (QED) is 0.304. The molecule has 2 N–H and O–H groups in total. The maximum absolute atomic E-state index is 13.5. The molecule has 4 aliphatic rings. The van der Waals surface area contributed by atoms with E-state index < -0.39 is 26.8 Å². The van der Waals surface area contributed by atoms with Crippen molar-refractivity contribution in [2.24, 2.45) is 17.8 Å². The Labute approximate surface area is 293 Å². The van der Waals surface area contributed by atoms with Crippen LogP contribution >= 0.6 is 11.6 Å². The average Bonchev–Trinajstić information content (AvgIpc) is 3.22. The van der Waals surface area contributed by atoms with E-state index in [1.807, 2.05) is 31.2 Å². The molecule has 2 bridgehead atoms. The summed E-state index contributed by atoms with van der Waals surface area (Å²) < 4.78 is 41.3. The number of pyridine rings is 1. The Hall–Kier alpha value is -3.60. The third-order valence-corrected chi connectivity index (χ3v) is 13.6. The highest BCUT2D eigenvalue weighted by Gasteiger charge is 2.49. The first-order chi connectivity index (χ1) is 23.4. The van der Waals surface area contributed by atoms with Crippen molar-refractivity contribution in [1.29, 1.82) is 0 Å². The molecule has 1 spiro atoms. The van der Waals surface area contributed by atoms with E-state index >= 15 is 0 Å². The molecule has 6 atom stereocenters. The minimum atomic E-state index is -4.02. The first kappa shape index (κ1) is 33.9. The van der Waals surface area contributed by atoms with Crippen molar-refractivity contribution in [1.82, 2.24) is 9.71 Å². The Kier molecular flexibility index (Phi) is 8.94. The number of aryl methyl sites for hydroxylation is 1. The molecule has 2 aliphatic heterocycles. The van der Waals surface area contributed by atoms with Crippen LogP contribution in [0.4, 0.5) is 5.69 Å². The lowest BCUT2D eigenvalue weighted by molar-refractivity contribution is -0.0532. The lowest BCUT2D eigenvalue weighted by Gasteiger charge is -2.49. The molecule has 260 valence electrons. The van der Waals surface area contributed by atoms with Gasteiger partial charge >= 0.3 is 0 Å². The van der Waals surface area contributed by atoms with Crippen molar-refractivity contribution >= 4 is 33.2 Å². The zero-order valence-corrected chi connectivity index (χ0v) is 29.8. The van der Waals surface area contributed by atoms with Crippen LogP contribution in [0.3, 0.4) is 0 Å². The molecule has 3 heterocycles. The molecule has 1 fully saturated rings. The molecule has 11 heteroatoms. The van der Waals surface area contributed by atoms with Gasteiger partial charge in [-0.25, -0.2) is 18.1 Å². The van der Waals surface area contributed by atoms with Gasteiger partial charge in [0.05, 0.1) is 30.3 Å². The number of carbonyl (C=O) groups is 1. The van der Waals surface area contributed by atoms with Crippen LogP contribution in [0.25, 0.3) is 0 Å². The summed E-state index contributed by atoms with van der Waals surface area (Å²) in [4.78, 5) is 20.5. The molecule has 2 aliphatic carbocycles. The topological polar surface area (TPSA) is 118 Å². The second-order valence-electron chi connectivity index (χ2n) is 14.4. The third kappa shape index (κ3) is 6.21. The van der Waals surface area contributed by atoms with Crippen LogP contribution < -0.4 is 19.1 Å². The number of sulfonamides is 1. The number of rotatable bonds is 2. The Morgan fingerprint density at radius 1 is 1.12 bits per heavy atom. The predicted molar refractivity (Wildman–Crippen MR) is 190 cm³/mol. The maximum atomic E-state index is 13.5. The predicted octanol–water partition coefficient (Wildman–Crippen LogP) is 6.17. The fraction of sp³-hybridized carbons (Fsp3) is 0.474. The molecule has 9 nitrogen and oxygen atoms in total. The minimum absolute atomic E-state index is 0.0843. The standard InChI is InChI=1S/C38H44ClN3O6S/c1-24-7-5-18-38(44,34-9-4-10-35(40-34)47-3)31-14-11-28(31)21-42-22-37(17-6-8-26-19-29(39)13-15-30(26)37)23-48-33-16-12-27(20-32(33)42)36(43)41-49(45,46)25(24)2/h4-5,9-10,12-13,15-16,18-20,24-25,28,31,44H,6-8,11,14,17,21-23H2,1-3H3,(H,41,43)/b18-5-/t24-,25+,28-,31+,37-,38-/m0/s1. The van der Waals surface area contributed by atoms with E-state index in [4.69, 9.17) is 21.1 Å². The largest absolute Gasteiger partial charge is 0.490 e. The Bertz CT molecular complexity index is 1900. The highest BCUT2D eigenvalue weighted by atomic mass is 35.5. The monoisotopic (exact) mass is 705 g/mol. The molecule has 2 aromatic carbocycles. The Morgan fingerprint density at radius 2 is 1.96 bits per heavy atom. The second kappa shape index (κ2) is 12.9. The minimum Gasteiger partial charge on any atom is -0.490 e. The number of anilines is 1. The molecule has 1 amide bonds. The van der Waals surface area contributed by atoms with Crippen LogP contribution in [-0.2, 0) is 27.5 Å². The zero-order chi connectivity index (χ0) is 34.6. The molecule has 1 saturated carbocycles. The number of allylic oxidation sites excluding steroid dienone is 1. The van der Waals surface area contributed by atoms with Gasteiger partial charge in [0.2, 0.25) is 15.9 Å². The number of ether oxygens (including phenoxy) is 2. The van der Waals surface area contributed by atoms with Gasteiger partial charge in [0, 0.05) is 41.1 Å². The van der Waals surface area contributed by atoms with Crippen LogP contribution in [-0.4, -0.2) is 56.5 Å². The van der Waals surface area contributed by atoms with Crippen molar-refractivity contribution in [3.05, 3.63) is 94.2 Å². The number of fused-ring (bicyclic) bond motifs is 4. The summed E-state index contributed by atoms with van der Waals surface area (Å²) in [6.07, 6.45) is 8.58. The van der Waals surface area contributed by atoms with E-state index in [0.29, 0.717) is 48.5 Å². The number of nitrogens with zero attached hydrogens (tertiary/aromatic N) is 2. The van der Waals surface area contributed by atoms with Gasteiger partial charge in [0.15, 0.2) is 0 Å². The van der Waals surface area contributed by atoms with E-state index in [1.165, 1.54) is 11.1 Å². The molecule has 3 aromatic rings. The molecule has 0 saturated heterocycles. The van der Waals surface area contributed by atoms with Gasteiger partial charge in [-0.2, -0.15) is 0 Å². The first-order valence-corrected chi connectivity index (χ1v) is 19.1. The molecule has 1 aromatic heterocycles. The van der Waals surface area contributed by atoms with Gasteiger partial charge in [-0.1, -0.05) is 42.8 Å². The maximum Gasteiger partial charge on any atom is 0.264 e. The molecule has 7 rings (SSSR count). The number of hydrogen-bond donors (Lipinski definition) is 2. The van der Waals surface area contributed by atoms with Crippen molar-refractivity contribution in [3.8, 4) is 11.6 Å².